The summed E-state index contributed by atoms with van der Waals surface area (Å²) in [5.41, 5.74) is 0.294. The molecular formula is C15H24N2OS. The van der Waals surface area contributed by atoms with Crippen molar-refractivity contribution >= 4 is 11.8 Å². The van der Waals surface area contributed by atoms with Gasteiger partial charge in [0.15, 0.2) is 0 Å². The lowest BCUT2D eigenvalue weighted by molar-refractivity contribution is -0.0262. The van der Waals surface area contributed by atoms with Crippen LogP contribution in [0.4, 0.5) is 0 Å². The molecule has 0 bridgehead atoms. The second-order valence-corrected chi connectivity index (χ2v) is 6.73. The predicted molar refractivity (Wildman–Crippen MR) is 81.4 cm³/mol. The molecule has 1 aliphatic rings. The molecule has 1 N–H and O–H groups in total. The van der Waals surface area contributed by atoms with Crippen LogP contribution in [0.5, 0.6) is 0 Å². The second-order valence-electron chi connectivity index (χ2n) is 5.45. The monoisotopic (exact) mass is 280 g/mol. The summed E-state index contributed by atoms with van der Waals surface area (Å²) < 4.78 is 0. The lowest BCUT2D eigenvalue weighted by Gasteiger charge is -2.38. The van der Waals surface area contributed by atoms with E-state index in [0.717, 1.165) is 43.3 Å². The Bertz CT molecular complexity index is 377. The van der Waals surface area contributed by atoms with Crippen LogP contribution in [0.15, 0.2) is 24.5 Å². The Morgan fingerprint density at radius 1 is 1.47 bits per heavy atom. The summed E-state index contributed by atoms with van der Waals surface area (Å²) >= 11 is 1.93. The summed E-state index contributed by atoms with van der Waals surface area (Å²) in [7, 11) is 0. The minimum atomic E-state index is -0.671. The molecule has 2 rings (SSSR count). The molecule has 106 valence electrons. The van der Waals surface area contributed by atoms with Crippen molar-refractivity contribution in [3.05, 3.63) is 30.1 Å². The molecule has 1 unspecified atom stereocenters. The van der Waals surface area contributed by atoms with Gasteiger partial charge >= 0.3 is 0 Å². The molecule has 3 nitrogen and oxygen atoms in total. The number of pyridine rings is 1. The molecule has 1 saturated heterocycles. The zero-order chi connectivity index (χ0) is 13.7. The number of piperidine rings is 1. The van der Waals surface area contributed by atoms with E-state index in [1.807, 2.05) is 23.9 Å². The second kappa shape index (κ2) is 6.73. The van der Waals surface area contributed by atoms with E-state index >= 15 is 0 Å². The molecule has 0 spiro atoms. The van der Waals surface area contributed by atoms with Crippen LogP contribution < -0.4 is 0 Å². The zero-order valence-electron chi connectivity index (χ0n) is 11.9. The predicted octanol–water partition coefficient (Wildman–Crippen LogP) is 2.51. The Hall–Kier alpha value is -0.580. The number of aromatic nitrogens is 1. The number of rotatable bonds is 5. The number of hydrogen-bond donors (Lipinski definition) is 1. The number of hydrogen-bond acceptors (Lipinski definition) is 4. The molecule has 1 atom stereocenters. The van der Waals surface area contributed by atoms with Crippen LogP contribution in [0.1, 0.15) is 31.7 Å². The van der Waals surface area contributed by atoms with Gasteiger partial charge < -0.3 is 10.0 Å². The maximum Gasteiger partial charge on any atom is 0.0935 e. The lowest BCUT2D eigenvalue weighted by Crippen LogP contribution is -2.43. The Balaban J connectivity index is 1.85. The van der Waals surface area contributed by atoms with Crippen LogP contribution in [0, 0.1) is 0 Å². The highest BCUT2D eigenvalue weighted by Gasteiger charge is 2.33. The van der Waals surface area contributed by atoms with Crippen LogP contribution in [0.25, 0.3) is 0 Å². The van der Waals surface area contributed by atoms with Crippen LogP contribution in [-0.2, 0) is 5.60 Å². The van der Waals surface area contributed by atoms with Gasteiger partial charge in [-0.3, -0.25) is 4.98 Å². The molecule has 1 fully saturated rings. The van der Waals surface area contributed by atoms with Gasteiger partial charge in [0, 0.05) is 36.3 Å². The summed E-state index contributed by atoms with van der Waals surface area (Å²) in [6, 6.07) is 3.89. The molecule has 0 aliphatic carbocycles. The van der Waals surface area contributed by atoms with Gasteiger partial charge in [-0.05, 0) is 38.1 Å². The molecular weight excluding hydrogens is 256 g/mol. The van der Waals surface area contributed by atoms with E-state index in [9.17, 15) is 5.11 Å². The molecule has 4 heteroatoms. The van der Waals surface area contributed by atoms with Crippen LogP contribution in [0.2, 0.25) is 0 Å². The van der Waals surface area contributed by atoms with Crippen molar-refractivity contribution in [3.63, 3.8) is 0 Å². The number of nitrogens with zero attached hydrogens (tertiary/aromatic N) is 2. The van der Waals surface area contributed by atoms with Crippen molar-refractivity contribution in [3.8, 4) is 0 Å². The molecule has 1 aliphatic heterocycles. The van der Waals surface area contributed by atoms with Gasteiger partial charge in [0.25, 0.3) is 0 Å². The van der Waals surface area contributed by atoms with E-state index in [-0.39, 0.29) is 0 Å². The van der Waals surface area contributed by atoms with E-state index in [1.54, 1.807) is 12.4 Å². The molecule has 1 aromatic rings. The van der Waals surface area contributed by atoms with Gasteiger partial charge in [-0.2, -0.15) is 11.8 Å². The minimum absolute atomic E-state index is 0.671. The highest BCUT2D eigenvalue weighted by Crippen LogP contribution is 2.32. The normalized spacial score (nSPS) is 21.2. The van der Waals surface area contributed by atoms with Gasteiger partial charge in [-0.15, -0.1) is 0 Å². The highest BCUT2D eigenvalue weighted by atomic mass is 32.2. The maximum atomic E-state index is 10.7. The maximum absolute atomic E-state index is 10.7. The minimum Gasteiger partial charge on any atom is -0.385 e. The summed E-state index contributed by atoms with van der Waals surface area (Å²) in [6.07, 6.45) is 8.57. The van der Waals surface area contributed by atoms with E-state index in [1.165, 1.54) is 6.42 Å². The lowest BCUT2D eigenvalue weighted by atomic mass is 9.85. The standard InChI is InChI=1S/C15H24N2OS/c1-13(19-2)5-9-17-10-6-15(18,7-11-17)14-4-3-8-16-12-14/h3-4,8,12-13,18H,5-7,9-11H2,1-2H3. The Kier molecular flexibility index (Phi) is 5.25. The van der Waals surface area contributed by atoms with E-state index in [2.05, 4.69) is 23.1 Å². The van der Waals surface area contributed by atoms with Crippen molar-refractivity contribution < 1.29 is 5.11 Å². The first-order valence-electron chi connectivity index (χ1n) is 7.02. The molecule has 0 aromatic carbocycles. The Labute approximate surface area is 120 Å². The van der Waals surface area contributed by atoms with Crippen molar-refractivity contribution in [2.24, 2.45) is 0 Å². The molecule has 2 heterocycles. The quantitative estimate of drug-likeness (QED) is 0.899. The van der Waals surface area contributed by atoms with E-state index < -0.39 is 5.60 Å². The molecule has 19 heavy (non-hydrogen) atoms. The van der Waals surface area contributed by atoms with Crippen molar-refractivity contribution in [2.45, 2.75) is 37.0 Å². The first kappa shape index (κ1) is 14.8. The smallest absolute Gasteiger partial charge is 0.0935 e. The van der Waals surface area contributed by atoms with Crippen molar-refractivity contribution in [1.82, 2.24) is 9.88 Å². The van der Waals surface area contributed by atoms with Gasteiger partial charge in [0.1, 0.15) is 0 Å². The fraction of sp³-hybridized carbons (Fsp3) is 0.667. The average molecular weight is 280 g/mol. The number of likely N-dealkylation sites (tertiary alicyclic amines) is 1. The van der Waals surface area contributed by atoms with E-state index in [0.29, 0.717) is 0 Å². The first-order valence-corrected chi connectivity index (χ1v) is 8.31. The summed E-state index contributed by atoms with van der Waals surface area (Å²) in [4.78, 5) is 6.59. The zero-order valence-corrected chi connectivity index (χ0v) is 12.7. The fourth-order valence-corrected chi connectivity index (χ4v) is 2.90. The highest BCUT2D eigenvalue weighted by molar-refractivity contribution is 7.99. The van der Waals surface area contributed by atoms with Crippen molar-refractivity contribution in [2.75, 3.05) is 25.9 Å². The van der Waals surface area contributed by atoms with Crippen LogP contribution >= 0.6 is 11.8 Å². The molecule has 0 radical (unpaired) electrons. The van der Waals surface area contributed by atoms with E-state index in [4.69, 9.17) is 0 Å². The average Bonchev–Trinajstić information content (AvgIpc) is 2.47. The Morgan fingerprint density at radius 3 is 2.79 bits per heavy atom. The van der Waals surface area contributed by atoms with Gasteiger partial charge in [0.05, 0.1) is 5.60 Å². The largest absolute Gasteiger partial charge is 0.385 e. The third kappa shape index (κ3) is 3.94. The molecule has 0 saturated carbocycles. The third-order valence-electron chi connectivity index (χ3n) is 4.14. The molecule has 0 amide bonds. The van der Waals surface area contributed by atoms with Gasteiger partial charge in [-0.1, -0.05) is 13.0 Å². The molecule has 1 aromatic heterocycles. The first-order chi connectivity index (χ1) is 9.14. The van der Waals surface area contributed by atoms with Crippen molar-refractivity contribution in [1.29, 1.82) is 0 Å². The van der Waals surface area contributed by atoms with Crippen LogP contribution in [-0.4, -0.2) is 46.1 Å². The van der Waals surface area contributed by atoms with Gasteiger partial charge in [-0.25, -0.2) is 0 Å². The third-order valence-corrected chi connectivity index (χ3v) is 5.18. The van der Waals surface area contributed by atoms with Crippen LogP contribution in [0.3, 0.4) is 0 Å². The fourth-order valence-electron chi connectivity index (χ4n) is 2.56. The SMILES string of the molecule is CSC(C)CCN1CCC(O)(c2cccnc2)CC1. The summed E-state index contributed by atoms with van der Waals surface area (Å²) in [5.74, 6) is 0. The summed E-state index contributed by atoms with van der Waals surface area (Å²) in [6.45, 7) is 5.38. The number of aliphatic hydroxyl groups is 1. The summed E-state index contributed by atoms with van der Waals surface area (Å²) in [5, 5.41) is 11.4. The Morgan fingerprint density at radius 2 is 2.21 bits per heavy atom. The van der Waals surface area contributed by atoms with Gasteiger partial charge in [0.2, 0.25) is 0 Å². The topological polar surface area (TPSA) is 36.4 Å². The number of thioether (sulfide) groups is 1.